The maximum absolute atomic E-state index is 9.70. The first-order chi connectivity index (χ1) is 10.7. The number of aryl methyl sites for hydroxylation is 1. The van der Waals surface area contributed by atoms with Gasteiger partial charge in [0.2, 0.25) is 0 Å². The Morgan fingerprint density at radius 1 is 1.14 bits per heavy atom. The second-order valence-electron chi connectivity index (χ2n) is 7.40. The Bertz CT molecular complexity index is 577. The molecular formula is C19H26N2O. The molecule has 1 saturated carbocycles. The molecule has 1 heterocycles. The molecule has 3 aliphatic rings. The maximum atomic E-state index is 9.70. The van der Waals surface area contributed by atoms with Gasteiger partial charge in [-0.15, -0.1) is 0 Å². The summed E-state index contributed by atoms with van der Waals surface area (Å²) in [5.74, 6) is 2.50. The number of phenols is 1. The van der Waals surface area contributed by atoms with Crippen LogP contribution >= 0.6 is 0 Å². The third kappa shape index (κ3) is 2.41. The lowest BCUT2D eigenvalue weighted by atomic mass is 9.79. The van der Waals surface area contributed by atoms with Crippen LogP contribution < -0.4 is 0 Å². The Morgan fingerprint density at radius 2 is 1.95 bits per heavy atom. The van der Waals surface area contributed by atoms with Crippen molar-refractivity contribution < 1.29 is 5.11 Å². The summed E-state index contributed by atoms with van der Waals surface area (Å²) in [4.78, 5) is 2.43. The van der Waals surface area contributed by atoms with Crippen molar-refractivity contribution >= 4 is 5.84 Å². The van der Waals surface area contributed by atoms with E-state index < -0.39 is 0 Å². The van der Waals surface area contributed by atoms with Gasteiger partial charge in [0, 0.05) is 24.9 Å². The minimum Gasteiger partial charge on any atom is -0.508 e. The van der Waals surface area contributed by atoms with Gasteiger partial charge in [-0.3, -0.25) is 5.41 Å². The van der Waals surface area contributed by atoms with Crippen molar-refractivity contribution in [1.29, 1.82) is 5.41 Å². The highest BCUT2D eigenvalue weighted by Crippen LogP contribution is 2.43. The zero-order chi connectivity index (χ0) is 15.1. The molecule has 118 valence electrons. The first-order valence-electron chi connectivity index (χ1n) is 8.88. The van der Waals surface area contributed by atoms with Crippen LogP contribution in [0.2, 0.25) is 0 Å². The van der Waals surface area contributed by atoms with E-state index in [-0.39, 0.29) is 0 Å². The Hall–Kier alpha value is -1.51. The molecule has 0 spiro atoms. The number of amidine groups is 1. The molecular weight excluding hydrogens is 272 g/mol. The van der Waals surface area contributed by atoms with Crippen molar-refractivity contribution in [1.82, 2.24) is 4.90 Å². The number of nitrogens with zero attached hydrogens (tertiary/aromatic N) is 1. The number of likely N-dealkylation sites (tertiary alicyclic amines) is 1. The lowest BCUT2D eigenvalue weighted by Gasteiger charge is -2.36. The largest absolute Gasteiger partial charge is 0.508 e. The number of phenolic OH excluding ortho intramolecular Hbond substituents is 1. The number of nitrogens with one attached hydrogen (secondary N) is 1. The summed E-state index contributed by atoms with van der Waals surface area (Å²) in [6.45, 7) is 1.10. The van der Waals surface area contributed by atoms with Gasteiger partial charge in [0.25, 0.3) is 0 Å². The van der Waals surface area contributed by atoms with Gasteiger partial charge < -0.3 is 10.0 Å². The smallest absolute Gasteiger partial charge is 0.115 e. The van der Waals surface area contributed by atoms with Gasteiger partial charge in [0.05, 0.1) is 5.84 Å². The van der Waals surface area contributed by atoms with Crippen LogP contribution in [0.5, 0.6) is 5.75 Å². The molecule has 0 bridgehead atoms. The molecule has 0 radical (unpaired) electrons. The van der Waals surface area contributed by atoms with E-state index >= 15 is 0 Å². The van der Waals surface area contributed by atoms with Crippen molar-refractivity contribution in [2.45, 2.75) is 63.3 Å². The predicted molar refractivity (Wildman–Crippen MR) is 88.6 cm³/mol. The number of fused-ring (bicyclic) bond motifs is 3. The Morgan fingerprint density at radius 3 is 2.77 bits per heavy atom. The van der Waals surface area contributed by atoms with Crippen LogP contribution in [-0.4, -0.2) is 28.4 Å². The highest BCUT2D eigenvalue weighted by Gasteiger charge is 2.41. The van der Waals surface area contributed by atoms with Crippen molar-refractivity contribution in [3.8, 4) is 5.75 Å². The molecule has 2 atom stereocenters. The molecule has 1 aromatic rings. The van der Waals surface area contributed by atoms with Crippen LogP contribution in [0.1, 0.15) is 62.0 Å². The fourth-order valence-electron chi connectivity index (χ4n) is 4.92. The van der Waals surface area contributed by atoms with Crippen LogP contribution in [0.3, 0.4) is 0 Å². The quantitative estimate of drug-likeness (QED) is 0.865. The number of hydrogen-bond acceptors (Lipinski definition) is 2. The lowest BCUT2D eigenvalue weighted by molar-refractivity contribution is 0.220. The number of benzene rings is 1. The van der Waals surface area contributed by atoms with Crippen LogP contribution in [0.25, 0.3) is 0 Å². The minimum atomic E-state index is 0.379. The van der Waals surface area contributed by atoms with Gasteiger partial charge in [0.1, 0.15) is 5.75 Å². The zero-order valence-corrected chi connectivity index (χ0v) is 13.2. The molecule has 3 heteroatoms. The fourth-order valence-corrected chi connectivity index (χ4v) is 4.92. The summed E-state index contributed by atoms with van der Waals surface area (Å²) < 4.78 is 0. The highest BCUT2D eigenvalue weighted by molar-refractivity contribution is 5.83. The summed E-state index contributed by atoms with van der Waals surface area (Å²) in [6, 6.07) is 6.36. The van der Waals surface area contributed by atoms with E-state index in [0.29, 0.717) is 17.7 Å². The third-order valence-corrected chi connectivity index (χ3v) is 6.04. The summed E-state index contributed by atoms with van der Waals surface area (Å²) in [6.07, 6.45) is 9.92. The monoisotopic (exact) mass is 298 g/mol. The summed E-state index contributed by atoms with van der Waals surface area (Å²) >= 11 is 0. The fraction of sp³-hybridized carbons (Fsp3) is 0.632. The normalized spacial score (nSPS) is 28.5. The molecule has 22 heavy (non-hydrogen) atoms. The van der Waals surface area contributed by atoms with Gasteiger partial charge in [-0.05, 0) is 54.9 Å². The lowest BCUT2D eigenvalue weighted by Crippen LogP contribution is -2.40. The van der Waals surface area contributed by atoms with E-state index in [1.165, 1.54) is 43.2 Å². The molecule has 2 N–H and O–H groups in total. The van der Waals surface area contributed by atoms with E-state index in [9.17, 15) is 5.11 Å². The third-order valence-electron chi connectivity index (χ3n) is 6.04. The van der Waals surface area contributed by atoms with Gasteiger partial charge in [0.15, 0.2) is 0 Å². The molecule has 0 amide bonds. The molecule has 2 aliphatic carbocycles. The van der Waals surface area contributed by atoms with E-state index in [4.69, 9.17) is 5.41 Å². The number of rotatable bonds is 2. The number of hydrogen-bond donors (Lipinski definition) is 2. The summed E-state index contributed by atoms with van der Waals surface area (Å²) in [5, 5.41) is 18.2. The summed E-state index contributed by atoms with van der Waals surface area (Å²) in [5.41, 5.74) is 2.68. The average molecular weight is 298 g/mol. The average Bonchev–Trinajstić information content (AvgIpc) is 2.84. The molecule has 2 unspecified atom stereocenters. The maximum Gasteiger partial charge on any atom is 0.115 e. The minimum absolute atomic E-state index is 0.379. The van der Waals surface area contributed by atoms with Crippen LogP contribution in [0.4, 0.5) is 0 Å². The van der Waals surface area contributed by atoms with E-state index in [1.807, 2.05) is 12.1 Å². The van der Waals surface area contributed by atoms with Crippen LogP contribution in [-0.2, 0) is 6.42 Å². The van der Waals surface area contributed by atoms with Gasteiger partial charge in [-0.25, -0.2) is 0 Å². The van der Waals surface area contributed by atoms with E-state index in [1.54, 1.807) is 0 Å². The van der Waals surface area contributed by atoms with Crippen LogP contribution in [0.15, 0.2) is 18.2 Å². The topological polar surface area (TPSA) is 47.3 Å². The molecule has 3 nitrogen and oxygen atoms in total. The standard InChI is InChI=1S/C19H26N2O/c20-19-11-17-16-8-7-15(22)10-14(16)6-9-18(17)21(19)12-13-4-2-1-3-5-13/h7-8,10,13,17-18,20,22H,1-6,9,11-12H2. The predicted octanol–water partition coefficient (Wildman–Crippen LogP) is 4.05. The van der Waals surface area contributed by atoms with Crippen molar-refractivity contribution in [2.75, 3.05) is 6.54 Å². The molecule has 2 fully saturated rings. The second-order valence-corrected chi connectivity index (χ2v) is 7.40. The van der Waals surface area contributed by atoms with Crippen molar-refractivity contribution in [2.24, 2.45) is 5.92 Å². The van der Waals surface area contributed by atoms with Gasteiger partial charge in [-0.1, -0.05) is 25.3 Å². The zero-order valence-electron chi connectivity index (χ0n) is 13.2. The van der Waals surface area contributed by atoms with Gasteiger partial charge >= 0.3 is 0 Å². The Labute approximate surface area is 132 Å². The Kier molecular flexibility index (Phi) is 3.59. The van der Waals surface area contributed by atoms with E-state index in [2.05, 4.69) is 11.0 Å². The molecule has 1 aliphatic heterocycles. The molecule has 1 aromatic carbocycles. The highest BCUT2D eigenvalue weighted by atomic mass is 16.3. The number of aromatic hydroxyl groups is 1. The van der Waals surface area contributed by atoms with Crippen molar-refractivity contribution in [3.05, 3.63) is 29.3 Å². The molecule has 1 saturated heterocycles. The molecule has 4 rings (SSSR count). The van der Waals surface area contributed by atoms with Gasteiger partial charge in [-0.2, -0.15) is 0 Å². The van der Waals surface area contributed by atoms with E-state index in [0.717, 1.165) is 37.6 Å². The second kappa shape index (κ2) is 5.60. The first-order valence-corrected chi connectivity index (χ1v) is 8.88. The SMILES string of the molecule is N=C1CC2c3ccc(O)cc3CCC2N1CC1CCCCC1. The summed E-state index contributed by atoms with van der Waals surface area (Å²) in [7, 11) is 0. The molecule has 0 aromatic heterocycles. The van der Waals surface area contributed by atoms with Crippen molar-refractivity contribution in [3.63, 3.8) is 0 Å². The first kappa shape index (κ1) is 14.1. The Balaban J connectivity index is 1.54. The van der Waals surface area contributed by atoms with Crippen LogP contribution in [0, 0.1) is 11.3 Å².